The monoisotopic (exact) mass is 172 g/mol. The third-order valence-electron chi connectivity index (χ3n) is 3.57. The van der Waals surface area contributed by atoms with Gasteiger partial charge in [0.15, 0.2) is 0 Å². The van der Waals surface area contributed by atoms with Crippen LogP contribution in [0.15, 0.2) is 0 Å². The van der Waals surface area contributed by atoms with E-state index in [1.54, 1.807) is 0 Å². The fourth-order valence-electron chi connectivity index (χ4n) is 2.87. The number of rotatable bonds is 0. The van der Waals surface area contributed by atoms with E-state index in [-0.39, 0.29) is 17.9 Å². The highest BCUT2D eigenvalue weighted by Gasteiger charge is 2.39. The minimum absolute atomic E-state index is 0.183. The van der Waals surface area contributed by atoms with Crippen LogP contribution in [0.3, 0.4) is 0 Å². The lowest BCUT2D eigenvalue weighted by Gasteiger charge is -2.40. The highest BCUT2D eigenvalue weighted by Crippen LogP contribution is 2.41. The zero-order valence-electron chi connectivity index (χ0n) is 7.38. The molecule has 0 aromatic carbocycles. The first kappa shape index (κ1) is 8.49. The van der Waals surface area contributed by atoms with Crippen LogP contribution >= 0.6 is 0 Å². The summed E-state index contributed by atoms with van der Waals surface area (Å²) in [5, 5.41) is 9.66. The summed E-state index contributed by atoms with van der Waals surface area (Å²) in [7, 11) is 0. The zero-order valence-corrected chi connectivity index (χ0v) is 7.38. The van der Waals surface area contributed by atoms with Gasteiger partial charge < -0.3 is 5.11 Å². The molecule has 2 heteroatoms. The normalized spacial score (nSPS) is 48.5. The molecule has 0 aromatic rings. The Morgan fingerprint density at radius 2 is 1.58 bits per heavy atom. The summed E-state index contributed by atoms with van der Waals surface area (Å²) in [4.78, 5) is 0. The molecule has 0 amide bonds. The van der Waals surface area contributed by atoms with Gasteiger partial charge in [0.2, 0.25) is 0 Å². The van der Waals surface area contributed by atoms with Gasteiger partial charge in [-0.25, -0.2) is 4.39 Å². The van der Waals surface area contributed by atoms with Crippen LogP contribution in [-0.2, 0) is 0 Å². The Balaban J connectivity index is 2.05. The van der Waals surface area contributed by atoms with Gasteiger partial charge in [-0.15, -0.1) is 0 Å². The predicted octanol–water partition coefficient (Wildman–Crippen LogP) is 2.29. The second kappa shape index (κ2) is 3.33. The highest BCUT2D eigenvalue weighted by molar-refractivity contribution is 4.89. The fraction of sp³-hybridized carbons (Fsp3) is 1.00. The summed E-state index contributed by atoms with van der Waals surface area (Å²) >= 11 is 0. The van der Waals surface area contributed by atoms with E-state index in [2.05, 4.69) is 0 Å². The van der Waals surface area contributed by atoms with Crippen LogP contribution < -0.4 is 0 Å². The number of halogens is 1. The molecule has 2 aliphatic carbocycles. The highest BCUT2D eigenvalue weighted by atomic mass is 19.1. The Morgan fingerprint density at radius 3 is 2.25 bits per heavy atom. The van der Waals surface area contributed by atoms with Crippen molar-refractivity contribution in [1.29, 1.82) is 0 Å². The van der Waals surface area contributed by atoms with Crippen LogP contribution in [0.5, 0.6) is 0 Å². The Morgan fingerprint density at radius 1 is 0.917 bits per heavy atom. The van der Waals surface area contributed by atoms with Crippen molar-refractivity contribution in [3.63, 3.8) is 0 Å². The number of hydrogen-bond acceptors (Lipinski definition) is 1. The quantitative estimate of drug-likeness (QED) is 0.594. The third kappa shape index (κ3) is 1.37. The van der Waals surface area contributed by atoms with Crippen LogP contribution in [-0.4, -0.2) is 17.4 Å². The molecule has 12 heavy (non-hydrogen) atoms. The number of alkyl halides is 1. The van der Waals surface area contributed by atoms with E-state index in [9.17, 15) is 9.50 Å². The average molecular weight is 172 g/mol. The standard InChI is InChI=1S/C10H17FO/c11-9-5-6-10(12)8-4-2-1-3-7(8)9/h7-10,12H,1-6H2/t7?,8?,9-,10+/m0/s1. The molecule has 0 bridgehead atoms. The SMILES string of the molecule is O[C@@H]1CC[C@H](F)C2CCCCC21. The summed E-state index contributed by atoms with van der Waals surface area (Å²) in [5.41, 5.74) is 0. The van der Waals surface area contributed by atoms with Gasteiger partial charge in [-0.3, -0.25) is 0 Å². The molecule has 2 unspecified atom stereocenters. The molecular formula is C10H17FO. The van der Waals surface area contributed by atoms with Crippen molar-refractivity contribution >= 4 is 0 Å². The second-order valence-electron chi connectivity index (χ2n) is 4.27. The van der Waals surface area contributed by atoms with Gasteiger partial charge in [-0.2, -0.15) is 0 Å². The Bertz CT molecular complexity index is 142. The maximum absolute atomic E-state index is 13.4. The molecule has 2 saturated carbocycles. The lowest BCUT2D eigenvalue weighted by atomic mass is 9.68. The molecule has 0 radical (unpaired) electrons. The van der Waals surface area contributed by atoms with Crippen LogP contribution in [0.2, 0.25) is 0 Å². The summed E-state index contributed by atoms with van der Waals surface area (Å²) in [5.74, 6) is 0.463. The smallest absolute Gasteiger partial charge is 0.103 e. The number of aliphatic hydroxyl groups excluding tert-OH is 1. The van der Waals surface area contributed by atoms with Crippen LogP contribution in [0, 0.1) is 11.8 Å². The van der Waals surface area contributed by atoms with Crippen molar-refractivity contribution in [2.75, 3.05) is 0 Å². The summed E-state index contributed by atoms with van der Waals surface area (Å²) < 4.78 is 13.4. The van der Waals surface area contributed by atoms with Gasteiger partial charge >= 0.3 is 0 Å². The van der Waals surface area contributed by atoms with Crippen molar-refractivity contribution in [3.8, 4) is 0 Å². The van der Waals surface area contributed by atoms with Gasteiger partial charge in [-0.05, 0) is 37.5 Å². The van der Waals surface area contributed by atoms with E-state index in [1.807, 2.05) is 0 Å². The minimum Gasteiger partial charge on any atom is -0.393 e. The minimum atomic E-state index is -0.626. The molecule has 70 valence electrons. The predicted molar refractivity (Wildman–Crippen MR) is 45.6 cm³/mol. The Kier molecular flexibility index (Phi) is 2.35. The van der Waals surface area contributed by atoms with Crippen molar-refractivity contribution in [1.82, 2.24) is 0 Å². The molecular weight excluding hydrogens is 155 g/mol. The van der Waals surface area contributed by atoms with Crippen LogP contribution in [0.4, 0.5) is 4.39 Å². The number of fused-ring (bicyclic) bond motifs is 1. The first-order chi connectivity index (χ1) is 5.79. The van der Waals surface area contributed by atoms with E-state index < -0.39 is 6.17 Å². The molecule has 2 rings (SSSR count). The first-order valence-electron chi connectivity index (χ1n) is 5.11. The average Bonchev–Trinajstić information content (AvgIpc) is 2.12. The number of hydrogen-bond donors (Lipinski definition) is 1. The van der Waals surface area contributed by atoms with Gasteiger partial charge in [0, 0.05) is 0 Å². The van der Waals surface area contributed by atoms with E-state index in [1.165, 1.54) is 6.42 Å². The van der Waals surface area contributed by atoms with Crippen molar-refractivity contribution in [2.45, 2.75) is 50.8 Å². The largest absolute Gasteiger partial charge is 0.393 e. The molecule has 2 fully saturated rings. The van der Waals surface area contributed by atoms with Gasteiger partial charge in [0.1, 0.15) is 6.17 Å². The molecule has 0 aliphatic heterocycles. The third-order valence-corrected chi connectivity index (χ3v) is 3.57. The molecule has 0 aromatic heterocycles. The topological polar surface area (TPSA) is 20.2 Å². The van der Waals surface area contributed by atoms with E-state index in [0.717, 1.165) is 19.3 Å². The van der Waals surface area contributed by atoms with Gasteiger partial charge in [0.05, 0.1) is 6.10 Å². The van der Waals surface area contributed by atoms with E-state index in [4.69, 9.17) is 0 Å². The molecule has 2 aliphatic rings. The second-order valence-corrected chi connectivity index (χ2v) is 4.27. The van der Waals surface area contributed by atoms with Gasteiger partial charge in [0.25, 0.3) is 0 Å². The first-order valence-corrected chi connectivity index (χ1v) is 5.11. The molecule has 1 N–H and O–H groups in total. The fourth-order valence-corrected chi connectivity index (χ4v) is 2.87. The van der Waals surface area contributed by atoms with Gasteiger partial charge in [-0.1, -0.05) is 12.8 Å². The lowest BCUT2D eigenvalue weighted by Crippen LogP contribution is -2.40. The molecule has 4 atom stereocenters. The molecule has 0 heterocycles. The van der Waals surface area contributed by atoms with E-state index in [0.29, 0.717) is 12.8 Å². The molecule has 1 nitrogen and oxygen atoms in total. The number of aliphatic hydroxyl groups is 1. The lowest BCUT2D eigenvalue weighted by molar-refractivity contribution is -0.0310. The molecule has 0 saturated heterocycles. The zero-order chi connectivity index (χ0) is 8.55. The maximum atomic E-state index is 13.4. The van der Waals surface area contributed by atoms with Crippen LogP contribution in [0.1, 0.15) is 38.5 Å². The van der Waals surface area contributed by atoms with Crippen molar-refractivity contribution < 1.29 is 9.50 Å². The summed E-state index contributed by atoms with van der Waals surface area (Å²) in [6, 6.07) is 0. The van der Waals surface area contributed by atoms with Crippen LogP contribution in [0.25, 0.3) is 0 Å². The van der Waals surface area contributed by atoms with E-state index >= 15 is 0 Å². The molecule has 0 spiro atoms. The Labute approximate surface area is 73.0 Å². The van der Waals surface area contributed by atoms with Crippen molar-refractivity contribution in [3.05, 3.63) is 0 Å². The summed E-state index contributed by atoms with van der Waals surface area (Å²) in [6.07, 6.45) is 4.83. The van der Waals surface area contributed by atoms with Crippen molar-refractivity contribution in [2.24, 2.45) is 11.8 Å². The Hall–Kier alpha value is -0.110. The summed E-state index contributed by atoms with van der Waals surface area (Å²) in [6.45, 7) is 0. The maximum Gasteiger partial charge on any atom is 0.103 e.